The van der Waals surface area contributed by atoms with Crippen LogP contribution in [0.15, 0.2) is 6.33 Å². The Morgan fingerprint density at radius 3 is 2.50 bits per heavy atom. The zero-order valence-electron chi connectivity index (χ0n) is 10.1. The standard InChI is InChI=1S/C11H20N4O/c1-4-5-12-10-9(3)11(15-7-14-10)13-6-8(2)16/h7-8,16H,4-6H2,1-3H3,(H2,12,13,14,15). The maximum atomic E-state index is 9.19. The average Bonchev–Trinajstić information content (AvgIpc) is 2.26. The van der Waals surface area contributed by atoms with E-state index in [-0.39, 0.29) is 6.10 Å². The molecule has 0 bridgehead atoms. The lowest BCUT2D eigenvalue weighted by molar-refractivity contribution is 0.208. The lowest BCUT2D eigenvalue weighted by atomic mass is 10.3. The highest BCUT2D eigenvalue weighted by Gasteiger charge is 2.06. The van der Waals surface area contributed by atoms with Crippen molar-refractivity contribution in [1.29, 1.82) is 0 Å². The fourth-order valence-electron chi connectivity index (χ4n) is 1.29. The van der Waals surface area contributed by atoms with E-state index in [1.165, 1.54) is 6.33 Å². The number of rotatable bonds is 6. The highest BCUT2D eigenvalue weighted by Crippen LogP contribution is 2.17. The Kier molecular flexibility index (Phi) is 4.98. The summed E-state index contributed by atoms with van der Waals surface area (Å²) < 4.78 is 0. The summed E-state index contributed by atoms with van der Waals surface area (Å²) in [5, 5.41) is 15.5. The largest absolute Gasteiger partial charge is 0.392 e. The van der Waals surface area contributed by atoms with E-state index in [2.05, 4.69) is 27.5 Å². The minimum Gasteiger partial charge on any atom is -0.392 e. The van der Waals surface area contributed by atoms with E-state index < -0.39 is 0 Å². The first-order valence-electron chi connectivity index (χ1n) is 5.62. The molecule has 1 rings (SSSR count). The van der Waals surface area contributed by atoms with Gasteiger partial charge >= 0.3 is 0 Å². The van der Waals surface area contributed by atoms with Crippen molar-refractivity contribution < 1.29 is 5.11 Å². The number of nitrogens with one attached hydrogen (secondary N) is 2. The summed E-state index contributed by atoms with van der Waals surface area (Å²) in [5.41, 5.74) is 0.983. The van der Waals surface area contributed by atoms with Gasteiger partial charge < -0.3 is 15.7 Å². The summed E-state index contributed by atoms with van der Waals surface area (Å²) in [5.74, 6) is 1.62. The van der Waals surface area contributed by atoms with Crippen molar-refractivity contribution in [3.63, 3.8) is 0 Å². The van der Waals surface area contributed by atoms with Crippen molar-refractivity contribution in [2.75, 3.05) is 23.7 Å². The molecule has 0 saturated heterocycles. The molecule has 0 aromatic carbocycles. The first-order chi connectivity index (χ1) is 7.65. The molecule has 3 N–H and O–H groups in total. The van der Waals surface area contributed by atoms with Crippen molar-refractivity contribution in [3.8, 4) is 0 Å². The van der Waals surface area contributed by atoms with Crippen LogP contribution in [0.4, 0.5) is 11.6 Å². The lowest BCUT2D eigenvalue weighted by Crippen LogP contribution is -2.17. The van der Waals surface area contributed by atoms with Crippen molar-refractivity contribution >= 4 is 11.6 Å². The Morgan fingerprint density at radius 1 is 1.31 bits per heavy atom. The predicted octanol–water partition coefficient (Wildman–Crippen LogP) is 1.40. The van der Waals surface area contributed by atoms with Gasteiger partial charge in [-0.3, -0.25) is 0 Å². The number of aliphatic hydroxyl groups excluding tert-OH is 1. The Bertz CT molecular complexity index is 328. The summed E-state index contributed by atoms with van der Waals surface area (Å²) in [6.45, 7) is 7.19. The Labute approximate surface area is 96.3 Å². The van der Waals surface area contributed by atoms with Crippen molar-refractivity contribution in [2.24, 2.45) is 0 Å². The van der Waals surface area contributed by atoms with Crippen LogP contribution in [0.5, 0.6) is 0 Å². The van der Waals surface area contributed by atoms with Crippen LogP contribution in [0.25, 0.3) is 0 Å². The highest BCUT2D eigenvalue weighted by molar-refractivity contribution is 5.56. The van der Waals surface area contributed by atoms with Crippen LogP contribution in [-0.4, -0.2) is 34.3 Å². The number of anilines is 2. The number of aliphatic hydroxyl groups is 1. The van der Waals surface area contributed by atoms with Gasteiger partial charge in [-0.2, -0.15) is 0 Å². The van der Waals surface area contributed by atoms with Crippen LogP contribution in [0.2, 0.25) is 0 Å². The van der Waals surface area contributed by atoms with E-state index in [1.807, 2.05) is 6.92 Å². The second-order valence-corrected chi connectivity index (χ2v) is 3.85. The van der Waals surface area contributed by atoms with Crippen molar-refractivity contribution in [3.05, 3.63) is 11.9 Å². The molecule has 90 valence electrons. The van der Waals surface area contributed by atoms with Gasteiger partial charge in [0.15, 0.2) is 0 Å². The van der Waals surface area contributed by atoms with Crippen LogP contribution in [-0.2, 0) is 0 Å². The molecule has 5 heteroatoms. The molecule has 0 spiro atoms. The summed E-state index contributed by atoms with van der Waals surface area (Å²) in [6.07, 6.45) is 2.19. The van der Waals surface area contributed by atoms with Gasteiger partial charge in [-0.1, -0.05) is 6.92 Å². The fourth-order valence-corrected chi connectivity index (χ4v) is 1.29. The number of aromatic nitrogens is 2. The Morgan fingerprint density at radius 2 is 1.94 bits per heavy atom. The number of hydrogen-bond acceptors (Lipinski definition) is 5. The van der Waals surface area contributed by atoms with E-state index >= 15 is 0 Å². The molecule has 0 radical (unpaired) electrons. The molecule has 1 heterocycles. The normalized spacial score (nSPS) is 12.2. The Balaban J connectivity index is 2.70. The molecule has 16 heavy (non-hydrogen) atoms. The first-order valence-corrected chi connectivity index (χ1v) is 5.62. The van der Waals surface area contributed by atoms with Gasteiger partial charge in [0.05, 0.1) is 6.10 Å². The maximum Gasteiger partial charge on any atom is 0.134 e. The van der Waals surface area contributed by atoms with Gasteiger partial charge in [0, 0.05) is 18.7 Å². The van der Waals surface area contributed by atoms with Gasteiger partial charge in [-0.25, -0.2) is 9.97 Å². The van der Waals surface area contributed by atoms with Crippen LogP contribution in [0.3, 0.4) is 0 Å². The third kappa shape index (κ3) is 3.66. The lowest BCUT2D eigenvalue weighted by Gasteiger charge is -2.13. The molecule has 1 aromatic rings. The smallest absolute Gasteiger partial charge is 0.134 e. The second kappa shape index (κ2) is 6.27. The molecule has 0 aliphatic carbocycles. The summed E-state index contributed by atoms with van der Waals surface area (Å²) in [6, 6.07) is 0. The fraction of sp³-hybridized carbons (Fsp3) is 0.636. The molecule has 1 unspecified atom stereocenters. The zero-order chi connectivity index (χ0) is 12.0. The van der Waals surface area contributed by atoms with Gasteiger partial charge in [-0.15, -0.1) is 0 Å². The van der Waals surface area contributed by atoms with E-state index in [9.17, 15) is 5.11 Å². The molecular weight excluding hydrogens is 204 g/mol. The maximum absolute atomic E-state index is 9.19. The van der Waals surface area contributed by atoms with E-state index in [0.29, 0.717) is 6.54 Å². The topological polar surface area (TPSA) is 70.1 Å². The SMILES string of the molecule is CCCNc1ncnc(NCC(C)O)c1C. The molecule has 5 nitrogen and oxygen atoms in total. The summed E-state index contributed by atoms with van der Waals surface area (Å²) >= 11 is 0. The van der Waals surface area contributed by atoms with Crippen LogP contribution < -0.4 is 10.6 Å². The second-order valence-electron chi connectivity index (χ2n) is 3.85. The van der Waals surface area contributed by atoms with Gasteiger partial charge in [0.2, 0.25) is 0 Å². The first kappa shape index (κ1) is 12.7. The van der Waals surface area contributed by atoms with Crippen molar-refractivity contribution in [2.45, 2.75) is 33.3 Å². The summed E-state index contributed by atoms with van der Waals surface area (Å²) in [4.78, 5) is 8.32. The zero-order valence-corrected chi connectivity index (χ0v) is 10.1. The average molecular weight is 224 g/mol. The van der Waals surface area contributed by atoms with Crippen molar-refractivity contribution in [1.82, 2.24) is 9.97 Å². The van der Waals surface area contributed by atoms with Crippen LogP contribution >= 0.6 is 0 Å². The molecule has 0 fully saturated rings. The van der Waals surface area contributed by atoms with E-state index in [1.54, 1.807) is 6.92 Å². The molecular formula is C11H20N4O. The minimum absolute atomic E-state index is 0.388. The number of hydrogen-bond donors (Lipinski definition) is 3. The molecule has 0 aliphatic heterocycles. The molecule has 1 aromatic heterocycles. The molecule has 0 amide bonds. The quantitative estimate of drug-likeness (QED) is 0.681. The molecule has 0 saturated carbocycles. The highest BCUT2D eigenvalue weighted by atomic mass is 16.3. The van der Waals surface area contributed by atoms with E-state index in [0.717, 1.165) is 30.2 Å². The predicted molar refractivity (Wildman–Crippen MR) is 65.7 cm³/mol. The third-order valence-electron chi connectivity index (χ3n) is 2.19. The summed E-state index contributed by atoms with van der Waals surface area (Å²) in [7, 11) is 0. The molecule has 1 atom stereocenters. The third-order valence-corrected chi connectivity index (χ3v) is 2.19. The van der Waals surface area contributed by atoms with Gasteiger partial charge in [0.1, 0.15) is 18.0 Å². The minimum atomic E-state index is -0.388. The van der Waals surface area contributed by atoms with E-state index in [4.69, 9.17) is 0 Å². The van der Waals surface area contributed by atoms with Gasteiger partial charge in [-0.05, 0) is 20.3 Å². The van der Waals surface area contributed by atoms with Crippen LogP contribution in [0.1, 0.15) is 25.8 Å². The Hall–Kier alpha value is -1.36. The molecule has 0 aliphatic rings. The van der Waals surface area contributed by atoms with Crippen LogP contribution in [0, 0.1) is 6.92 Å². The number of nitrogens with zero attached hydrogens (tertiary/aromatic N) is 2. The van der Waals surface area contributed by atoms with Gasteiger partial charge in [0.25, 0.3) is 0 Å². The monoisotopic (exact) mass is 224 g/mol.